The summed E-state index contributed by atoms with van der Waals surface area (Å²) in [7, 11) is 3.57. The molecule has 1 aliphatic heterocycles. The number of carbonyl (C=O) groups excluding carboxylic acids is 2. The summed E-state index contributed by atoms with van der Waals surface area (Å²) in [5.74, 6) is 1.34. The Labute approximate surface area is 186 Å². The second-order valence-electron chi connectivity index (χ2n) is 8.73. The van der Waals surface area contributed by atoms with E-state index in [9.17, 15) is 9.59 Å². The Morgan fingerprint density at radius 3 is 2.58 bits per heavy atom. The van der Waals surface area contributed by atoms with Crippen molar-refractivity contribution in [2.45, 2.75) is 57.5 Å². The highest BCUT2D eigenvalue weighted by Crippen LogP contribution is 2.26. The minimum atomic E-state index is 0.0944. The van der Waals surface area contributed by atoms with E-state index in [0.717, 1.165) is 37.9 Å². The molecule has 1 aromatic rings. The first kappa shape index (κ1) is 23.1. The van der Waals surface area contributed by atoms with Gasteiger partial charge in [0.15, 0.2) is 5.96 Å². The molecule has 2 amide bonds. The monoisotopic (exact) mass is 427 g/mol. The molecule has 1 aromatic carbocycles. The molecule has 2 fully saturated rings. The van der Waals surface area contributed by atoms with Crippen molar-refractivity contribution in [3.8, 4) is 0 Å². The van der Waals surface area contributed by atoms with Gasteiger partial charge in [0.25, 0.3) is 0 Å². The topological polar surface area (TPSA) is 77.0 Å². The number of guanidine groups is 1. The maximum Gasteiger partial charge on any atom is 0.225 e. The molecule has 1 unspecified atom stereocenters. The van der Waals surface area contributed by atoms with Crippen molar-refractivity contribution in [1.29, 1.82) is 0 Å². The predicted octanol–water partition coefficient (Wildman–Crippen LogP) is 2.38. The molecule has 1 saturated heterocycles. The van der Waals surface area contributed by atoms with Crippen LogP contribution in [-0.4, -0.2) is 67.3 Å². The molecule has 2 aliphatic rings. The molecule has 0 bridgehead atoms. The molecule has 7 heteroatoms. The predicted molar refractivity (Wildman–Crippen MR) is 124 cm³/mol. The molecule has 7 nitrogen and oxygen atoms in total. The summed E-state index contributed by atoms with van der Waals surface area (Å²) in [6.45, 7) is 2.68. The number of benzene rings is 1. The van der Waals surface area contributed by atoms with Gasteiger partial charge in [-0.15, -0.1) is 0 Å². The van der Waals surface area contributed by atoms with Crippen LogP contribution in [0.25, 0.3) is 0 Å². The van der Waals surface area contributed by atoms with Gasteiger partial charge in [-0.3, -0.25) is 14.6 Å². The third-order valence-electron chi connectivity index (χ3n) is 6.34. The van der Waals surface area contributed by atoms with Crippen LogP contribution in [0.4, 0.5) is 0 Å². The summed E-state index contributed by atoms with van der Waals surface area (Å²) in [5, 5.41) is 6.66. The van der Waals surface area contributed by atoms with Crippen LogP contribution >= 0.6 is 0 Å². The van der Waals surface area contributed by atoms with E-state index in [-0.39, 0.29) is 17.9 Å². The van der Waals surface area contributed by atoms with E-state index >= 15 is 0 Å². The summed E-state index contributed by atoms with van der Waals surface area (Å²) < 4.78 is 0. The van der Waals surface area contributed by atoms with Gasteiger partial charge in [-0.1, -0.05) is 49.6 Å². The number of aliphatic imine (C=N–C) groups is 1. The summed E-state index contributed by atoms with van der Waals surface area (Å²) in [6.07, 6.45) is 7.05. The van der Waals surface area contributed by atoms with Crippen molar-refractivity contribution < 1.29 is 9.59 Å². The van der Waals surface area contributed by atoms with E-state index in [2.05, 4.69) is 15.6 Å². The van der Waals surface area contributed by atoms with Crippen LogP contribution < -0.4 is 10.6 Å². The van der Waals surface area contributed by atoms with Gasteiger partial charge in [0, 0.05) is 58.7 Å². The third-order valence-corrected chi connectivity index (χ3v) is 6.34. The highest BCUT2D eigenvalue weighted by Gasteiger charge is 2.31. The summed E-state index contributed by atoms with van der Waals surface area (Å²) >= 11 is 0. The van der Waals surface area contributed by atoms with E-state index in [4.69, 9.17) is 0 Å². The smallest absolute Gasteiger partial charge is 0.225 e. The van der Waals surface area contributed by atoms with E-state index in [0.29, 0.717) is 31.4 Å². The molecule has 31 heavy (non-hydrogen) atoms. The standard InChI is InChI=1S/C24H37N5O2/c1-25-24(26-15-13-22(30)28(2)17-19-9-5-3-6-10-19)27-21-14-16-29(18-21)23(31)20-11-7-4-8-12-20/h3,5-6,9-10,20-21H,4,7-8,11-18H2,1-2H3,(H2,25,26,27). The fourth-order valence-electron chi connectivity index (χ4n) is 4.50. The molecule has 0 aromatic heterocycles. The molecule has 1 heterocycles. The molecule has 0 spiro atoms. The lowest BCUT2D eigenvalue weighted by Crippen LogP contribution is -2.46. The number of nitrogens with one attached hydrogen (secondary N) is 2. The van der Waals surface area contributed by atoms with E-state index in [1.807, 2.05) is 42.3 Å². The second kappa shape index (κ2) is 11.7. The van der Waals surface area contributed by atoms with Crippen LogP contribution in [0.5, 0.6) is 0 Å². The molecular weight excluding hydrogens is 390 g/mol. The maximum atomic E-state index is 12.8. The zero-order chi connectivity index (χ0) is 22.1. The minimum absolute atomic E-state index is 0.0944. The average Bonchev–Trinajstić information content (AvgIpc) is 3.27. The first-order valence-corrected chi connectivity index (χ1v) is 11.6. The molecule has 1 saturated carbocycles. The van der Waals surface area contributed by atoms with Gasteiger partial charge in [0.2, 0.25) is 11.8 Å². The number of hydrogen-bond donors (Lipinski definition) is 2. The van der Waals surface area contributed by atoms with Crippen molar-refractivity contribution in [3.63, 3.8) is 0 Å². The van der Waals surface area contributed by atoms with Gasteiger partial charge in [-0.2, -0.15) is 0 Å². The SMILES string of the molecule is CN=C(NCCC(=O)N(C)Cc1ccccc1)NC1CCN(C(=O)C2CCCCC2)C1. The number of likely N-dealkylation sites (tertiary alicyclic amines) is 1. The molecule has 1 atom stereocenters. The molecule has 3 rings (SSSR count). The zero-order valence-electron chi connectivity index (χ0n) is 19.0. The first-order chi connectivity index (χ1) is 15.1. The lowest BCUT2D eigenvalue weighted by atomic mass is 9.88. The Balaban J connectivity index is 1.36. The van der Waals surface area contributed by atoms with Crippen molar-refractivity contribution in [2.75, 3.05) is 33.7 Å². The van der Waals surface area contributed by atoms with Crippen LogP contribution in [0.2, 0.25) is 0 Å². The number of hydrogen-bond acceptors (Lipinski definition) is 3. The van der Waals surface area contributed by atoms with Gasteiger partial charge in [0.05, 0.1) is 0 Å². The van der Waals surface area contributed by atoms with Crippen LogP contribution in [0.3, 0.4) is 0 Å². The minimum Gasteiger partial charge on any atom is -0.356 e. The fraction of sp³-hybridized carbons (Fsp3) is 0.625. The highest BCUT2D eigenvalue weighted by molar-refractivity contribution is 5.82. The molecular formula is C24H37N5O2. The zero-order valence-corrected chi connectivity index (χ0v) is 19.0. The van der Waals surface area contributed by atoms with Gasteiger partial charge in [0.1, 0.15) is 0 Å². The van der Waals surface area contributed by atoms with Gasteiger partial charge in [-0.25, -0.2) is 0 Å². The highest BCUT2D eigenvalue weighted by atomic mass is 16.2. The Hall–Kier alpha value is -2.57. The van der Waals surface area contributed by atoms with Crippen molar-refractivity contribution in [2.24, 2.45) is 10.9 Å². The molecule has 2 N–H and O–H groups in total. The van der Waals surface area contributed by atoms with Crippen LogP contribution in [0.1, 0.15) is 50.5 Å². The number of rotatable bonds is 7. The maximum absolute atomic E-state index is 12.8. The Bertz CT molecular complexity index is 746. The van der Waals surface area contributed by atoms with Crippen LogP contribution in [-0.2, 0) is 16.1 Å². The number of amides is 2. The van der Waals surface area contributed by atoms with E-state index in [1.165, 1.54) is 19.3 Å². The van der Waals surface area contributed by atoms with E-state index < -0.39 is 0 Å². The van der Waals surface area contributed by atoms with E-state index in [1.54, 1.807) is 11.9 Å². The number of nitrogens with zero attached hydrogens (tertiary/aromatic N) is 3. The second-order valence-corrected chi connectivity index (χ2v) is 8.73. The first-order valence-electron chi connectivity index (χ1n) is 11.6. The van der Waals surface area contributed by atoms with Crippen molar-refractivity contribution in [1.82, 2.24) is 20.4 Å². The number of carbonyl (C=O) groups is 2. The van der Waals surface area contributed by atoms with Gasteiger partial charge >= 0.3 is 0 Å². The average molecular weight is 428 g/mol. The van der Waals surface area contributed by atoms with Crippen molar-refractivity contribution >= 4 is 17.8 Å². The Morgan fingerprint density at radius 1 is 1.13 bits per heavy atom. The summed E-state index contributed by atoms with van der Waals surface area (Å²) in [5.41, 5.74) is 1.12. The normalized spacial score (nSPS) is 19.9. The molecule has 0 radical (unpaired) electrons. The van der Waals surface area contributed by atoms with Gasteiger partial charge in [-0.05, 0) is 24.8 Å². The van der Waals surface area contributed by atoms with Crippen molar-refractivity contribution in [3.05, 3.63) is 35.9 Å². The third kappa shape index (κ3) is 6.97. The fourth-order valence-corrected chi connectivity index (χ4v) is 4.50. The lowest BCUT2D eigenvalue weighted by molar-refractivity contribution is -0.135. The van der Waals surface area contributed by atoms with Gasteiger partial charge < -0.3 is 20.4 Å². The van der Waals surface area contributed by atoms with Crippen LogP contribution in [0, 0.1) is 5.92 Å². The molecule has 1 aliphatic carbocycles. The molecule has 170 valence electrons. The Kier molecular flexibility index (Phi) is 8.74. The summed E-state index contributed by atoms with van der Waals surface area (Å²) in [6, 6.07) is 10.2. The quantitative estimate of drug-likeness (QED) is 0.517. The summed E-state index contributed by atoms with van der Waals surface area (Å²) in [4.78, 5) is 33.2. The largest absolute Gasteiger partial charge is 0.356 e. The lowest BCUT2D eigenvalue weighted by Gasteiger charge is -2.26. The van der Waals surface area contributed by atoms with Crippen LogP contribution in [0.15, 0.2) is 35.3 Å². The Morgan fingerprint density at radius 2 is 1.87 bits per heavy atom.